The maximum atomic E-state index is 10.5. The van der Waals surface area contributed by atoms with Gasteiger partial charge in [-0.05, 0) is 42.5 Å². The van der Waals surface area contributed by atoms with Gasteiger partial charge in [-0.25, -0.2) is 9.97 Å². The van der Waals surface area contributed by atoms with Crippen molar-refractivity contribution in [2.24, 2.45) is 0 Å². The number of pyridine rings is 2. The molecule has 0 fully saturated rings. The Morgan fingerprint density at radius 2 is 1.43 bits per heavy atom. The van der Waals surface area contributed by atoms with Gasteiger partial charge in [-0.3, -0.25) is 9.55 Å². The molecule has 3 aromatic carbocycles. The summed E-state index contributed by atoms with van der Waals surface area (Å²) in [6, 6.07) is 27.3. The van der Waals surface area contributed by atoms with Gasteiger partial charge in [0.1, 0.15) is 11.6 Å². The molecule has 5 nitrogen and oxygen atoms in total. The van der Waals surface area contributed by atoms with E-state index in [2.05, 4.69) is 23.2 Å². The fourth-order valence-corrected chi connectivity index (χ4v) is 3.94. The normalized spacial score (nSPS) is 11.5. The van der Waals surface area contributed by atoms with E-state index in [0.717, 1.165) is 38.7 Å². The molecule has 0 aliphatic heterocycles. The lowest BCUT2D eigenvalue weighted by Gasteiger charge is -2.11. The van der Waals surface area contributed by atoms with E-state index in [4.69, 9.17) is 9.97 Å². The zero-order valence-corrected chi connectivity index (χ0v) is 15.9. The topological polar surface area (TPSA) is 63.8 Å². The van der Waals surface area contributed by atoms with Crippen molar-refractivity contribution in [3.8, 4) is 23.0 Å². The van der Waals surface area contributed by atoms with E-state index < -0.39 is 0 Å². The van der Waals surface area contributed by atoms with Crippen LogP contribution in [0.1, 0.15) is 0 Å². The number of nitrogens with zero attached hydrogens (tertiary/aromatic N) is 4. The molecule has 0 spiro atoms. The number of phenols is 1. The summed E-state index contributed by atoms with van der Waals surface area (Å²) in [6.07, 6.45) is 1.79. The number of fused-ring (bicyclic) bond motifs is 4. The number of hydrogen-bond donors (Lipinski definition) is 1. The molecular weight excluding hydrogens is 372 g/mol. The van der Waals surface area contributed by atoms with E-state index in [9.17, 15) is 5.11 Å². The smallest absolute Gasteiger partial charge is 0.150 e. The molecule has 3 aromatic heterocycles. The predicted molar refractivity (Wildman–Crippen MR) is 119 cm³/mol. The van der Waals surface area contributed by atoms with Crippen LogP contribution in [-0.4, -0.2) is 24.6 Å². The van der Waals surface area contributed by atoms with Gasteiger partial charge in [0.05, 0.1) is 27.6 Å². The second-order valence-corrected chi connectivity index (χ2v) is 7.16. The van der Waals surface area contributed by atoms with E-state index in [1.165, 1.54) is 0 Å². The first-order valence-corrected chi connectivity index (χ1v) is 9.70. The van der Waals surface area contributed by atoms with E-state index in [1.807, 2.05) is 59.2 Å². The summed E-state index contributed by atoms with van der Waals surface area (Å²) in [5.74, 6) is 1.56. The fraction of sp³-hybridized carbons (Fsp3) is 0. The Bertz CT molecular complexity index is 1570. The van der Waals surface area contributed by atoms with Gasteiger partial charge in [-0.1, -0.05) is 42.5 Å². The molecule has 6 aromatic rings. The molecule has 5 heteroatoms. The van der Waals surface area contributed by atoms with Gasteiger partial charge < -0.3 is 5.11 Å². The minimum atomic E-state index is 0.182. The number of aromatic hydroxyl groups is 1. The molecule has 30 heavy (non-hydrogen) atoms. The average Bonchev–Trinajstić information content (AvgIpc) is 3.18. The van der Waals surface area contributed by atoms with Crippen molar-refractivity contribution in [3.05, 3.63) is 91.1 Å². The summed E-state index contributed by atoms with van der Waals surface area (Å²) in [7, 11) is 0. The van der Waals surface area contributed by atoms with Crippen molar-refractivity contribution >= 4 is 32.8 Å². The molecule has 1 N–H and O–H groups in total. The molecule has 0 saturated carbocycles. The number of benzene rings is 3. The number of phenolic OH excluding ortho intramolecular Hbond substituents is 1. The lowest BCUT2D eigenvalue weighted by molar-refractivity contribution is 0.477. The standard InChI is InChI=1S/C25H16N4O/c30-21-10-4-1-7-18(21)25-27-19-8-2-3-9-20(19)29(25)22-14-13-17-12-11-16-6-5-15-26-23(16)24(17)28-22/h1-15,30H. The van der Waals surface area contributed by atoms with Crippen molar-refractivity contribution < 1.29 is 5.11 Å². The first-order valence-electron chi connectivity index (χ1n) is 9.70. The molecule has 0 amide bonds. The molecule has 6 rings (SSSR count). The van der Waals surface area contributed by atoms with E-state index in [-0.39, 0.29) is 5.75 Å². The van der Waals surface area contributed by atoms with Gasteiger partial charge in [-0.2, -0.15) is 0 Å². The van der Waals surface area contributed by atoms with Crippen molar-refractivity contribution in [2.75, 3.05) is 0 Å². The highest BCUT2D eigenvalue weighted by Crippen LogP contribution is 2.33. The molecule has 0 radical (unpaired) electrons. The van der Waals surface area contributed by atoms with Crippen LogP contribution in [0, 0.1) is 0 Å². The SMILES string of the molecule is Oc1ccccc1-c1nc2ccccc2n1-c1ccc2ccc3cccnc3c2n1. The van der Waals surface area contributed by atoms with Crippen molar-refractivity contribution in [3.63, 3.8) is 0 Å². The van der Waals surface area contributed by atoms with Crippen LogP contribution in [0.5, 0.6) is 5.75 Å². The minimum Gasteiger partial charge on any atom is -0.507 e. The lowest BCUT2D eigenvalue weighted by Crippen LogP contribution is -2.01. The summed E-state index contributed by atoms with van der Waals surface area (Å²) in [5.41, 5.74) is 4.13. The Balaban J connectivity index is 1.71. The first kappa shape index (κ1) is 16.7. The number of para-hydroxylation sites is 3. The molecular formula is C25H16N4O. The summed E-state index contributed by atoms with van der Waals surface area (Å²) in [5, 5.41) is 12.6. The van der Waals surface area contributed by atoms with Crippen molar-refractivity contribution in [1.29, 1.82) is 0 Å². The highest BCUT2D eigenvalue weighted by molar-refractivity contribution is 6.03. The molecule has 0 atom stereocenters. The number of aromatic nitrogens is 4. The van der Waals surface area contributed by atoms with Crippen LogP contribution >= 0.6 is 0 Å². The van der Waals surface area contributed by atoms with Gasteiger partial charge >= 0.3 is 0 Å². The lowest BCUT2D eigenvalue weighted by atomic mass is 10.1. The maximum absolute atomic E-state index is 10.5. The molecule has 0 unspecified atom stereocenters. The first-order chi connectivity index (χ1) is 14.8. The average molecular weight is 388 g/mol. The molecule has 0 bridgehead atoms. The highest BCUT2D eigenvalue weighted by atomic mass is 16.3. The Kier molecular flexibility index (Phi) is 3.55. The van der Waals surface area contributed by atoms with E-state index in [0.29, 0.717) is 11.4 Å². The van der Waals surface area contributed by atoms with Gasteiger partial charge in [0.15, 0.2) is 5.82 Å². The Labute approximate surface area is 171 Å². The van der Waals surface area contributed by atoms with Crippen LogP contribution in [0.3, 0.4) is 0 Å². The molecule has 0 saturated heterocycles. The van der Waals surface area contributed by atoms with Gasteiger partial charge in [0, 0.05) is 17.0 Å². The fourth-order valence-electron chi connectivity index (χ4n) is 3.94. The Morgan fingerprint density at radius 1 is 0.667 bits per heavy atom. The van der Waals surface area contributed by atoms with Crippen LogP contribution in [0.15, 0.2) is 91.1 Å². The van der Waals surface area contributed by atoms with Crippen molar-refractivity contribution in [2.45, 2.75) is 0 Å². The summed E-state index contributed by atoms with van der Waals surface area (Å²) >= 11 is 0. The van der Waals surface area contributed by atoms with E-state index in [1.54, 1.807) is 18.3 Å². The van der Waals surface area contributed by atoms with Crippen LogP contribution < -0.4 is 0 Å². The van der Waals surface area contributed by atoms with E-state index >= 15 is 0 Å². The largest absolute Gasteiger partial charge is 0.507 e. The third-order valence-electron chi connectivity index (χ3n) is 5.35. The third kappa shape index (κ3) is 2.46. The predicted octanol–water partition coefficient (Wildman–Crippen LogP) is 5.49. The molecule has 142 valence electrons. The highest BCUT2D eigenvalue weighted by Gasteiger charge is 2.18. The summed E-state index contributed by atoms with van der Waals surface area (Å²) in [4.78, 5) is 14.4. The third-order valence-corrected chi connectivity index (χ3v) is 5.35. The van der Waals surface area contributed by atoms with Gasteiger partial charge in [-0.15, -0.1) is 0 Å². The second kappa shape index (κ2) is 6.39. The molecule has 0 aliphatic carbocycles. The Hall–Kier alpha value is -4.25. The van der Waals surface area contributed by atoms with Gasteiger partial charge in [0.25, 0.3) is 0 Å². The van der Waals surface area contributed by atoms with Crippen LogP contribution in [-0.2, 0) is 0 Å². The monoisotopic (exact) mass is 388 g/mol. The number of imidazole rings is 1. The summed E-state index contributed by atoms with van der Waals surface area (Å²) < 4.78 is 1.99. The molecule has 0 aliphatic rings. The maximum Gasteiger partial charge on any atom is 0.150 e. The summed E-state index contributed by atoms with van der Waals surface area (Å²) in [6.45, 7) is 0. The minimum absolute atomic E-state index is 0.182. The van der Waals surface area contributed by atoms with Crippen LogP contribution in [0.2, 0.25) is 0 Å². The van der Waals surface area contributed by atoms with Crippen LogP contribution in [0.4, 0.5) is 0 Å². The number of hydrogen-bond acceptors (Lipinski definition) is 4. The van der Waals surface area contributed by atoms with Crippen LogP contribution in [0.25, 0.3) is 50.0 Å². The zero-order valence-electron chi connectivity index (χ0n) is 15.9. The second-order valence-electron chi connectivity index (χ2n) is 7.16. The molecule has 3 heterocycles. The van der Waals surface area contributed by atoms with Crippen molar-refractivity contribution in [1.82, 2.24) is 19.5 Å². The van der Waals surface area contributed by atoms with Gasteiger partial charge in [0.2, 0.25) is 0 Å². The zero-order chi connectivity index (χ0) is 20.1. The Morgan fingerprint density at radius 3 is 2.33 bits per heavy atom. The number of rotatable bonds is 2. The quantitative estimate of drug-likeness (QED) is 0.398.